The summed E-state index contributed by atoms with van der Waals surface area (Å²) in [5, 5.41) is 2.59. The predicted octanol–water partition coefficient (Wildman–Crippen LogP) is 5.40. The fourth-order valence-electron chi connectivity index (χ4n) is 3.45. The van der Waals surface area contributed by atoms with Crippen LogP contribution in [0.5, 0.6) is 11.5 Å². The van der Waals surface area contributed by atoms with Gasteiger partial charge in [-0.25, -0.2) is 4.39 Å². The van der Waals surface area contributed by atoms with E-state index in [0.29, 0.717) is 33.8 Å². The maximum absolute atomic E-state index is 13.2. The minimum absolute atomic E-state index is 0.0177. The van der Waals surface area contributed by atoms with Crippen molar-refractivity contribution in [3.63, 3.8) is 0 Å². The Morgan fingerprint density at radius 1 is 1.06 bits per heavy atom. The van der Waals surface area contributed by atoms with Crippen LogP contribution in [0.25, 0.3) is 6.08 Å². The van der Waals surface area contributed by atoms with Gasteiger partial charge in [0.15, 0.2) is 16.6 Å². The topological polar surface area (TPSA) is 67.9 Å². The second kappa shape index (κ2) is 10.8. The largest absolute Gasteiger partial charge is 0.490 e. The average molecular weight is 555 g/mol. The second-order valence-corrected chi connectivity index (χ2v) is 8.71. The molecule has 9 heteroatoms. The van der Waals surface area contributed by atoms with Crippen LogP contribution in [-0.2, 0) is 16.2 Å². The average Bonchev–Trinajstić information content (AvgIpc) is 2.83. The number of benzene rings is 3. The summed E-state index contributed by atoms with van der Waals surface area (Å²) in [7, 11) is 0. The van der Waals surface area contributed by atoms with Gasteiger partial charge in [-0.15, -0.1) is 0 Å². The van der Waals surface area contributed by atoms with Crippen LogP contribution in [0, 0.1) is 5.82 Å². The maximum Gasteiger partial charge on any atom is 0.270 e. The van der Waals surface area contributed by atoms with E-state index in [1.165, 1.54) is 23.1 Å². The molecule has 178 valence electrons. The van der Waals surface area contributed by atoms with Gasteiger partial charge in [0, 0.05) is 0 Å². The van der Waals surface area contributed by atoms with Gasteiger partial charge in [0.2, 0.25) is 0 Å². The number of hydrogen-bond acceptors (Lipinski definition) is 5. The molecule has 1 fully saturated rings. The predicted molar refractivity (Wildman–Crippen MR) is 139 cm³/mol. The Morgan fingerprint density at radius 3 is 2.46 bits per heavy atom. The number of thiocarbonyl (C=S) groups is 1. The zero-order chi connectivity index (χ0) is 24.9. The third-order valence-corrected chi connectivity index (χ3v) is 5.93. The highest BCUT2D eigenvalue weighted by Gasteiger charge is 2.34. The van der Waals surface area contributed by atoms with Gasteiger partial charge in [-0.05, 0) is 88.7 Å². The van der Waals surface area contributed by atoms with E-state index in [9.17, 15) is 14.0 Å². The molecular weight excluding hydrogens is 535 g/mol. The third kappa shape index (κ3) is 5.58. The summed E-state index contributed by atoms with van der Waals surface area (Å²) in [5.41, 5.74) is 1.81. The van der Waals surface area contributed by atoms with Crippen LogP contribution in [0.3, 0.4) is 0 Å². The van der Waals surface area contributed by atoms with Gasteiger partial charge in [0.05, 0.1) is 16.8 Å². The number of nitrogens with zero attached hydrogens (tertiary/aromatic N) is 1. The van der Waals surface area contributed by atoms with Gasteiger partial charge < -0.3 is 9.47 Å². The first-order chi connectivity index (χ1) is 16.9. The molecule has 2 amide bonds. The molecule has 6 nitrogen and oxygen atoms in total. The molecular formula is C26H20BrFN2O4S. The zero-order valence-electron chi connectivity index (χ0n) is 18.6. The Bertz CT molecular complexity index is 1310. The van der Waals surface area contributed by atoms with E-state index in [1.54, 1.807) is 48.5 Å². The molecule has 4 rings (SSSR count). The molecule has 0 aromatic heterocycles. The third-order valence-electron chi connectivity index (χ3n) is 5.06. The van der Waals surface area contributed by atoms with E-state index in [0.717, 1.165) is 5.56 Å². The molecule has 1 heterocycles. The minimum Gasteiger partial charge on any atom is -0.490 e. The molecule has 0 radical (unpaired) electrons. The number of hydrogen-bond donors (Lipinski definition) is 1. The van der Waals surface area contributed by atoms with E-state index in [1.807, 2.05) is 13.0 Å². The first kappa shape index (κ1) is 24.6. The highest BCUT2D eigenvalue weighted by Crippen LogP contribution is 2.38. The molecule has 35 heavy (non-hydrogen) atoms. The van der Waals surface area contributed by atoms with Crippen molar-refractivity contribution >= 4 is 56.8 Å². The van der Waals surface area contributed by atoms with Gasteiger partial charge in [-0.3, -0.25) is 19.8 Å². The number of rotatable bonds is 7. The van der Waals surface area contributed by atoms with Crippen LogP contribution in [0.4, 0.5) is 10.1 Å². The van der Waals surface area contributed by atoms with Gasteiger partial charge >= 0.3 is 0 Å². The zero-order valence-corrected chi connectivity index (χ0v) is 21.0. The summed E-state index contributed by atoms with van der Waals surface area (Å²) in [6, 6.07) is 18.2. The normalized spacial score (nSPS) is 14.8. The van der Waals surface area contributed by atoms with Crippen LogP contribution < -0.4 is 19.7 Å². The van der Waals surface area contributed by atoms with Crippen molar-refractivity contribution in [2.75, 3.05) is 11.5 Å². The van der Waals surface area contributed by atoms with E-state index in [2.05, 4.69) is 21.2 Å². The summed E-state index contributed by atoms with van der Waals surface area (Å²) in [5.74, 6) is -0.566. The fraction of sp³-hybridized carbons (Fsp3) is 0.115. The first-order valence-corrected chi connectivity index (χ1v) is 11.9. The van der Waals surface area contributed by atoms with Crippen molar-refractivity contribution in [1.29, 1.82) is 0 Å². The van der Waals surface area contributed by atoms with Gasteiger partial charge in [0.1, 0.15) is 18.0 Å². The Labute approximate surface area is 215 Å². The highest BCUT2D eigenvalue weighted by atomic mass is 79.9. The van der Waals surface area contributed by atoms with Gasteiger partial charge in [-0.2, -0.15) is 0 Å². The lowest BCUT2D eigenvalue weighted by Gasteiger charge is -2.28. The van der Waals surface area contributed by atoms with E-state index < -0.39 is 11.8 Å². The minimum atomic E-state index is -0.585. The van der Waals surface area contributed by atoms with Crippen LogP contribution >= 0.6 is 28.1 Å². The first-order valence-electron chi connectivity index (χ1n) is 10.7. The van der Waals surface area contributed by atoms with Crippen LogP contribution in [-0.4, -0.2) is 23.5 Å². The number of nitrogens with one attached hydrogen (secondary N) is 1. The van der Waals surface area contributed by atoms with Gasteiger partial charge in [0.25, 0.3) is 11.8 Å². The Balaban J connectivity index is 1.65. The number of amides is 2. The van der Waals surface area contributed by atoms with Crippen molar-refractivity contribution in [3.05, 3.63) is 93.7 Å². The van der Waals surface area contributed by atoms with Crippen molar-refractivity contribution in [2.45, 2.75) is 13.5 Å². The van der Waals surface area contributed by atoms with E-state index >= 15 is 0 Å². The van der Waals surface area contributed by atoms with Crippen molar-refractivity contribution in [2.24, 2.45) is 0 Å². The van der Waals surface area contributed by atoms with Crippen molar-refractivity contribution < 1.29 is 23.5 Å². The molecule has 1 N–H and O–H groups in total. The molecule has 0 aliphatic carbocycles. The molecule has 3 aromatic carbocycles. The number of para-hydroxylation sites is 1. The molecule has 0 spiro atoms. The standard InChI is InChI=1S/C26H20BrFN2O4S/c1-2-33-22-14-17(13-21(27)23(22)34-15-16-8-10-18(28)11-9-16)12-20-24(31)29-26(35)30(25(20)32)19-6-4-3-5-7-19/h3-14H,2,15H2,1H3,(H,29,31,35)/b20-12-. The number of anilines is 1. The number of halogens is 2. The van der Waals surface area contributed by atoms with E-state index in [4.69, 9.17) is 21.7 Å². The highest BCUT2D eigenvalue weighted by molar-refractivity contribution is 9.10. The molecule has 0 atom stereocenters. The molecule has 0 bridgehead atoms. The summed E-state index contributed by atoms with van der Waals surface area (Å²) < 4.78 is 25.4. The molecule has 0 saturated carbocycles. The summed E-state index contributed by atoms with van der Waals surface area (Å²) in [4.78, 5) is 27.1. The Hall–Kier alpha value is -3.56. The molecule has 1 aliphatic heterocycles. The Morgan fingerprint density at radius 2 is 1.77 bits per heavy atom. The number of ether oxygens (including phenoxy) is 2. The molecule has 0 unspecified atom stereocenters. The lowest BCUT2D eigenvalue weighted by Crippen LogP contribution is -2.54. The molecule has 1 saturated heterocycles. The molecule has 1 aliphatic rings. The maximum atomic E-state index is 13.2. The van der Waals surface area contributed by atoms with Crippen molar-refractivity contribution in [1.82, 2.24) is 5.32 Å². The monoisotopic (exact) mass is 554 g/mol. The molecule has 3 aromatic rings. The summed E-state index contributed by atoms with van der Waals surface area (Å²) in [6.45, 7) is 2.40. The lowest BCUT2D eigenvalue weighted by atomic mass is 10.1. The quantitative estimate of drug-likeness (QED) is 0.241. The SMILES string of the molecule is CCOc1cc(/C=C2/C(=O)NC(=S)N(c3ccccc3)C2=O)cc(Br)c1OCc1ccc(F)cc1. The fourth-order valence-corrected chi connectivity index (χ4v) is 4.30. The van der Waals surface area contributed by atoms with Gasteiger partial charge in [-0.1, -0.05) is 30.3 Å². The second-order valence-electron chi connectivity index (χ2n) is 7.47. The Kier molecular flexibility index (Phi) is 7.57. The van der Waals surface area contributed by atoms with Crippen LogP contribution in [0.15, 0.2) is 76.8 Å². The smallest absolute Gasteiger partial charge is 0.270 e. The summed E-state index contributed by atoms with van der Waals surface area (Å²) in [6.07, 6.45) is 1.48. The van der Waals surface area contributed by atoms with Crippen LogP contribution in [0.1, 0.15) is 18.1 Å². The van der Waals surface area contributed by atoms with E-state index in [-0.39, 0.29) is 23.1 Å². The van der Waals surface area contributed by atoms with Crippen LogP contribution in [0.2, 0.25) is 0 Å². The summed E-state index contributed by atoms with van der Waals surface area (Å²) >= 11 is 8.73. The lowest BCUT2D eigenvalue weighted by molar-refractivity contribution is -0.122. The number of carbonyl (C=O) groups excluding carboxylic acids is 2. The number of carbonyl (C=O) groups is 2. The van der Waals surface area contributed by atoms with Crippen molar-refractivity contribution in [3.8, 4) is 11.5 Å².